The van der Waals surface area contributed by atoms with E-state index in [4.69, 9.17) is 42.1 Å². The van der Waals surface area contributed by atoms with Crippen molar-refractivity contribution >= 4 is 109 Å². The van der Waals surface area contributed by atoms with Crippen molar-refractivity contribution < 1.29 is 82.3 Å². The van der Waals surface area contributed by atoms with E-state index in [1.54, 1.807) is 76.4 Å². The lowest BCUT2D eigenvalue weighted by Crippen LogP contribution is -2.60. The number of aliphatic imine (C=N–C) groups is 2. The summed E-state index contributed by atoms with van der Waals surface area (Å²) in [6.07, 6.45) is -0.239. The highest BCUT2D eigenvalue weighted by Crippen LogP contribution is 2.44. The molecule has 4 aliphatic heterocycles. The molecule has 0 unspecified atom stereocenters. The number of hydrogen-bond acceptors (Lipinski definition) is 22. The normalized spacial score (nSPS) is 18.2. The summed E-state index contributed by atoms with van der Waals surface area (Å²) < 4.78 is 17.4. The van der Waals surface area contributed by atoms with Crippen LogP contribution < -0.4 is 44.4 Å². The minimum Gasteiger partial charge on any atom is -0.508 e. The number of benzene rings is 2. The number of nitrogens with zero attached hydrogens (tertiary/aromatic N) is 6. The maximum Gasteiger partial charge on any atom is 0.509 e. The molecular weight excluding hydrogens is 1470 g/mol. The van der Waals surface area contributed by atoms with Gasteiger partial charge in [0.15, 0.2) is 29.3 Å². The predicted molar refractivity (Wildman–Crippen MR) is 418 cm³/mol. The number of ketones is 3. The third-order valence-electron chi connectivity index (χ3n) is 20.8. The van der Waals surface area contributed by atoms with Crippen LogP contribution in [0, 0.1) is 29.1 Å². The van der Waals surface area contributed by atoms with Crippen molar-refractivity contribution in [1.82, 2.24) is 35.3 Å². The molecule has 111 heavy (non-hydrogen) atoms. The molecule has 2 fully saturated rings. The Bertz CT molecular complexity index is 4280. The Morgan fingerprint density at radius 3 is 2.00 bits per heavy atom. The summed E-state index contributed by atoms with van der Waals surface area (Å²) >= 11 is 0. The Morgan fingerprint density at radius 2 is 1.39 bits per heavy atom. The quantitative estimate of drug-likeness (QED) is 0.00703. The van der Waals surface area contributed by atoms with Crippen molar-refractivity contribution in [3.05, 3.63) is 86.7 Å². The number of amides is 5. The number of carboxylic acids is 1. The second kappa shape index (κ2) is 38.0. The molecule has 2 aromatic heterocycles. The SMILES string of the molecule is CCc1c2c(nc3ccc(O)cc13)-c1cc3c(c(=O)n1C2)COC(=O)[C@@]3(CC)OC(=O)OCCSSC(C)(C)[C@H](NC(C)=O)C(=O)N1CCC[C@H]1C(=O)N[C@@H](CCCN=C(N)N)C(=O)C[C@@H](CCCN=C(N)N)C(=O)N1CCC[C@H]1C(=O)C[C@@H](Cc1ccc(O)cc1)C(=O)N[C@H](C(=O)C[C@@H](CC(C)C)C(=O)O)C(C)(C)C. The Labute approximate surface area is 653 Å². The molecule has 2 saturated heterocycles. The van der Waals surface area contributed by atoms with Crippen molar-refractivity contribution in [3.63, 3.8) is 0 Å². The maximum absolute atomic E-state index is 15.2. The Balaban J connectivity index is 0.942. The smallest absolute Gasteiger partial charge is 0.508 e. The number of nitrogens with one attached hydrogen (secondary N) is 3. The van der Waals surface area contributed by atoms with Crippen LogP contribution in [0.25, 0.3) is 22.3 Å². The third-order valence-corrected chi connectivity index (χ3v) is 24.0. The molecule has 31 nitrogen and oxygen atoms in total. The molecule has 14 N–H and O–H groups in total. The Kier molecular flexibility index (Phi) is 29.7. The van der Waals surface area contributed by atoms with Gasteiger partial charge in [-0.05, 0) is 150 Å². The molecule has 0 radical (unpaired) electrons. The molecular formula is C78H107N13O18S2. The second-order valence-electron chi connectivity index (χ2n) is 31.0. The lowest BCUT2D eigenvalue weighted by atomic mass is 9.80. The number of ether oxygens (including phenoxy) is 3. The van der Waals surface area contributed by atoms with Crippen LogP contribution in [-0.2, 0) is 93.8 Å². The fourth-order valence-electron chi connectivity index (χ4n) is 15.2. The van der Waals surface area contributed by atoms with Gasteiger partial charge in [0.25, 0.3) is 5.56 Å². The molecule has 5 amide bonds. The van der Waals surface area contributed by atoms with Crippen LogP contribution in [0.1, 0.15) is 181 Å². The number of fused-ring (bicyclic) bond motifs is 5. The molecule has 4 aromatic rings. The number of carbonyl (C=O) groups excluding carboxylic acids is 10. The fraction of sp³-hybridized carbons (Fsp3) is 0.577. The number of aryl methyl sites for hydroxylation is 1. The van der Waals surface area contributed by atoms with Gasteiger partial charge >= 0.3 is 18.1 Å². The van der Waals surface area contributed by atoms with Crippen molar-refractivity contribution in [3.8, 4) is 22.9 Å². The number of pyridine rings is 2. The number of hydrogen-bond donors (Lipinski definition) is 10. The summed E-state index contributed by atoms with van der Waals surface area (Å²) in [5.74, 6) is -10.2. The van der Waals surface area contributed by atoms with Crippen LogP contribution in [0.4, 0.5) is 4.79 Å². The first kappa shape index (κ1) is 86.8. The highest BCUT2D eigenvalue weighted by Gasteiger charge is 2.52. The first-order valence-corrected chi connectivity index (χ1v) is 40.2. The molecule has 6 heterocycles. The summed E-state index contributed by atoms with van der Waals surface area (Å²) in [7, 11) is 2.38. The number of phenolic OH excluding ortho intramolecular Hbond substituents is 2. The molecule has 33 heteroatoms. The van der Waals surface area contributed by atoms with E-state index in [0.717, 1.165) is 16.5 Å². The van der Waals surface area contributed by atoms with Crippen LogP contribution in [0.5, 0.6) is 11.5 Å². The Morgan fingerprint density at radius 1 is 0.757 bits per heavy atom. The zero-order valence-electron chi connectivity index (χ0n) is 64.9. The van der Waals surface area contributed by atoms with Gasteiger partial charge < -0.3 is 82.8 Å². The summed E-state index contributed by atoms with van der Waals surface area (Å²) in [6, 6.07) is 6.67. The number of esters is 1. The van der Waals surface area contributed by atoms with E-state index in [1.807, 2.05) is 20.8 Å². The van der Waals surface area contributed by atoms with Crippen LogP contribution in [0.3, 0.4) is 0 Å². The molecule has 604 valence electrons. The largest absolute Gasteiger partial charge is 0.509 e. The first-order chi connectivity index (χ1) is 52.4. The van der Waals surface area contributed by atoms with Gasteiger partial charge in [0, 0.05) is 91.2 Å². The van der Waals surface area contributed by atoms with Crippen LogP contribution in [0.15, 0.2) is 63.3 Å². The van der Waals surface area contributed by atoms with Crippen molar-refractivity contribution in [2.24, 2.45) is 62.0 Å². The second-order valence-corrected chi connectivity index (χ2v) is 34.0. The highest BCUT2D eigenvalue weighted by atomic mass is 33.1. The number of aliphatic carboxylic acids is 1. The van der Waals surface area contributed by atoms with Crippen molar-refractivity contribution in [2.75, 3.05) is 38.5 Å². The molecule has 0 spiro atoms. The minimum absolute atomic E-state index is 0.0224. The zero-order chi connectivity index (χ0) is 81.6. The summed E-state index contributed by atoms with van der Waals surface area (Å²) in [5, 5.41) is 39.8. The molecule has 0 saturated carbocycles. The molecule has 0 bridgehead atoms. The monoisotopic (exact) mass is 1580 g/mol. The minimum atomic E-state index is -2.07. The van der Waals surface area contributed by atoms with Gasteiger partial charge in [0.1, 0.15) is 36.8 Å². The highest BCUT2D eigenvalue weighted by molar-refractivity contribution is 8.77. The van der Waals surface area contributed by atoms with Gasteiger partial charge in [-0.2, -0.15) is 0 Å². The predicted octanol–water partition coefficient (Wildman–Crippen LogP) is 6.08. The van der Waals surface area contributed by atoms with E-state index < -0.39 is 147 Å². The number of likely N-dealkylation sites (tertiary alicyclic amines) is 2. The molecule has 0 aliphatic carbocycles. The number of rotatable bonds is 38. The number of cyclic esters (lactones) is 1. The third kappa shape index (κ3) is 21.7. The van der Waals surface area contributed by atoms with Crippen LogP contribution >= 0.6 is 21.6 Å². The summed E-state index contributed by atoms with van der Waals surface area (Å²) in [4.78, 5) is 186. The zero-order valence-corrected chi connectivity index (χ0v) is 66.5. The topological polar surface area (TPSA) is 482 Å². The fourth-order valence-corrected chi connectivity index (χ4v) is 17.7. The van der Waals surface area contributed by atoms with Crippen molar-refractivity contribution in [1.29, 1.82) is 0 Å². The van der Waals surface area contributed by atoms with E-state index in [0.29, 0.717) is 41.7 Å². The van der Waals surface area contributed by atoms with Gasteiger partial charge in [-0.25, -0.2) is 14.6 Å². The number of carbonyl (C=O) groups is 11. The summed E-state index contributed by atoms with van der Waals surface area (Å²) in [5.41, 5.74) is 23.3. The number of Topliss-reactive ketones (excluding diaryl/α,β-unsaturated/α-hetero) is 3. The summed E-state index contributed by atoms with van der Waals surface area (Å²) in [6.45, 7) is 17.0. The van der Waals surface area contributed by atoms with Crippen LogP contribution in [-0.4, -0.2) is 185 Å². The van der Waals surface area contributed by atoms with E-state index in [2.05, 4.69) is 25.9 Å². The molecule has 4 aliphatic rings. The Hall–Kier alpha value is -9.79. The average molecular weight is 1580 g/mol. The number of aromatic nitrogens is 2. The van der Waals surface area contributed by atoms with Gasteiger partial charge in [-0.1, -0.05) is 82.2 Å². The van der Waals surface area contributed by atoms with E-state index >= 15 is 9.59 Å². The lowest BCUT2D eigenvalue weighted by molar-refractivity contribution is -0.175. The van der Waals surface area contributed by atoms with Gasteiger partial charge in [0.2, 0.25) is 35.1 Å². The van der Waals surface area contributed by atoms with Gasteiger partial charge in [-0.3, -0.25) is 57.9 Å². The lowest BCUT2D eigenvalue weighted by Gasteiger charge is -2.37. The number of guanidine groups is 2. The van der Waals surface area contributed by atoms with Crippen LogP contribution in [0.2, 0.25) is 0 Å². The van der Waals surface area contributed by atoms with E-state index in [1.165, 1.54) is 56.5 Å². The van der Waals surface area contributed by atoms with Crippen molar-refractivity contribution in [2.45, 2.75) is 219 Å². The average Bonchev–Trinajstić information content (AvgIpc) is 1.58. The maximum atomic E-state index is 15.2. The van der Waals surface area contributed by atoms with E-state index in [9.17, 15) is 63.3 Å². The number of carboxylic acid groups (broad SMARTS) is 1. The first-order valence-electron chi connectivity index (χ1n) is 37.8. The number of phenols is 2. The number of aromatic hydroxyl groups is 2. The standard InChI is InChI=1S/C78H107N13O18S2/c1-11-50-51-38-49(94)25-26-55(51)86-63-52(50)40-91-59(63)39-54-53(69(91)101)41-108-72(105)78(54,12-2)109-75(106)107-31-32-110-111-77(9,10)65(85-43(5)92)70(102)90-30-16-20-58(90)67(99)87-56(18-14-28-84-74(81)82)60(95)35-45(17-13-27-83-73(79)80)68(100)89-29-15-19-57(89)61(96)36-46(34-44-21-23-48(93)24-22-44)66(98)88-64(76(6,7)8)62(97)37-47(71(103)104)33-42(3)4/h21-26,38-39,42,45-47,56-58,64-65,93-94H,11-20,27-37,40-41H2,1-10H3,(H,85,92)(H,87,99)(H,88,98)(H,103,104)(H4,79,80,83)(H4,81,82,84)/t45-,46-,47-,56+,57+,58+,64-,65-,78+/m1/s1. The van der Waals surface area contributed by atoms with Gasteiger partial charge in [-0.15, -0.1) is 0 Å². The number of nitrogens with two attached hydrogens (primary N) is 4. The molecule has 8 rings (SSSR count). The molecule has 2 aromatic carbocycles. The van der Waals surface area contributed by atoms with Gasteiger partial charge in [0.05, 0.1) is 53.1 Å². The molecule has 9 atom stereocenters. The van der Waals surface area contributed by atoms with E-state index in [-0.39, 0.29) is 156 Å².